The summed E-state index contributed by atoms with van der Waals surface area (Å²) in [6, 6.07) is 78.7. The van der Waals surface area contributed by atoms with Gasteiger partial charge in [0, 0.05) is 28.6 Å². The molecule has 0 aliphatic heterocycles. The van der Waals surface area contributed by atoms with Crippen molar-refractivity contribution in [1.82, 2.24) is 0 Å². The highest BCUT2D eigenvalue weighted by molar-refractivity contribution is 6.21. The number of hydrogen-bond donors (Lipinski definition) is 0. The summed E-state index contributed by atoms with van der Waals surface area (Å²) >= 11 is 0. The van der Waals surface area contributed by atoms with Gasteiger partial charge in [-0.2, -0.15) is 0 Å². The Labute approximate surface area is 392 Å². The maximum atomic E-state index is 2.48. The van der Waals surface area contributed by atoms with Crippen LogP contribution in [0.15, 0.2) is 265 Å². The Bertz CT molecular complexity index is 3660. The number of anilines is 3. The summed E-state index contributed by atoms with van der Waals surface area (Å²) in [6.45, 7) is 0. The van der Waals surface area contributed by atoms with E-state index in [-0.39, 0.29) is 11.8 Å². The molecule has 0 heterocycles. The van der Waals surface area contributed by atoms with Gasteiger partial charge in [-0.15, -0.1) is 0 Å². The lowest BCUT2D eigenvalue weighted by atomic mass is 9.65. The molecule has 0 aromatic heterocycles. The third-order valence-corrected chi connectivity index (χ3v) is 14.5. The van der Waals surface area contributed by atoms with Crippen molar-refractivity contribution in [3.05, 3.63) is 277 Å². The van der Waals surface area contributed by atoms with Gasteiger partial charge in [0.05, 0.1) is 5.69 Å². The Morgan fingerprint density at radius 1 is 0.403 bits per heavy atom. The zero-order valence-corrected chi connectivity index (χ0v) is 37.2. The summed E-state index contributed by atoms with van der Waals surface area (Å²) in [5, 5.41) is 10.0. The van der Waals surface area contributed by atoms with Crippen LogP contribution in [0.4, 0.5) is 17.1 Å². The molecule has 0 spiro atoms. The lowest BCUT2D eigenvalue weighted by molar-refractivity contribution is 0.636. The van der Waals surface area contributed by atoms with Gasteiger partial charge in [-0.1, -0.05) is 218 Å². The topological polar surface area (TPSA) is 3.24 Å². The molecule has 3 aliphatic carbocycles. The summed E-state index contributed by atoms with van der Waals surface area (Å²) in [4.78, 5) is 2.48. The molecule has 0 radical (unpaired) electrons. The van der Waals surface area contributed by atoms with Crippen LogP contribution >= 0.6 is 0 Å². The molecule has 0 amide bonds. The Hall–Kier alpha value is -8.26. The van der Waals surface area contributed by atoms with E-state index in [1.807, 2.05) is 0 Å². The van der Waals surface area contributed by atoms with Crippen molar-refractivity contribution < 1.29 is 0 Å². The summed E-state index contributed by atoms with van der Waals surface area (Å²) < 4.78 is 0. The molecule has 0 saturated carbocycles. The third kappa shape index (κ3) is 6.53. The van der Waals surface area contributed by atoms with Gasteiger partial charge in [-0.05, 0) is 137 Å². The zero-order chi connectivity index (χ0) is 44.3. The van der Waals surface area contributed by atoms with Crippen LogP contribution < -0.4 is 4.90 Å². The number of rotatable bonds is 7. The standard InChI is InChI=1S/C66H47N/c1-3-19-44(20-4-1)63-54-27-11-15-31-58(54)65(59-32-16-12-28-55(59)63)46-35-39-49(40-36-46)67(62-43-48-23-7-8-24-51(48)52-25-9-10-26-53(52)62)50-41-37-47(38-42-50)66-60-33-17-13-29-56(60)64(45-21-5-2-6-22-45)57-30-14-18-34-61(57)66/h1-13,15-29,31-43,60,66H,14,30H2. The predicted molar refractivity (Wildman–Crippen MR) is 285 cm³/mol. The first-order valence-electron chi connectivity index (χ1n) is 23.7. The van der Waals surface area contributed by atoms with Crippen LogP contribution in [-0.4, -0.2) is 0 Å². The Morgan fingerprint density at radius 2 is 0.925 bits per heavy atom. The summed E-state index contributed by atoms with van der Waals surface area (Å²) in [5.74, 6) is 0.464. The molecule has 1 nitrogen and oxygen atoms in total. The number of fused-ring (bicyclic) bond motifs is 6. The summed E-state index contributed by atoms with van der Waals surface area (Å²) in [7, 11) is 0. The molecular weight excluding hydrogens is 807 g/mol. The minimum Gasteiger partial charge on any atom is -0.310 e. The Kier molecular flexibility index (Phi) is 9.53. The van der Waals surface area contributed by atoms with Crippen LogP contribution in [0.2, 0.25) is 0 Å². The molecule has 2 atom stereocenters. The Morgan fingerprint density at radius 3 is 1.57 bits per heavy atom. The number of allylic oxidation sites excluding steroid dienone is 10. The van der Waals surface area contributed by atoms with Crippen LogP contribution in [0.5, 0.6) is 0 Å². The molecule has 13 rings (SSSR count). The van der Waals surface area contributed by atoms with Gasteiger partial charge < -0.3 is 4.90 Å². The van der Waals surface area contributed by atoms with Crippen LogP contribution in [0.1, 0.15) is 29.9 Å². The molecule has 67 heavy (non-hydrogen) atoms. The van der Waals surface area contributed by atoms with E-state index in [9.17, 15) is 0 Å². The molecule has 1 heteroatoms. The maximum absolute atomic E-state index is 2.48. The van der Waals surface area contributed by atoms with Crippen molar-refractivity contribution in [2.75, 3.05) is 4.90 Å². The van der Waals surface area contributed by atoms with E-state index in [1.54, 1.807) is 0 Å². The van der Waals surface area contributed by atoms with E-state index in [0.29, 0.717) is 0 Å². The lowest BCUT2D eigenvalue weighted by Crippen LogP contribution is -2.24. The molecule has 0 fully saturated rings. The fourth-order valence-electron chi connectivity index (χ4n) is 11.7. The van der Waals surface area contributed by atoms with Gasteiger partial charge in [0.25, 0.3) is 0 Å². The first-order valence-corrected chi connectivity index (χ1v) is 23.7. The van der Waals surface area contributed by atoms with Crippen LogP contribution in [0.25, 0.3) is 70.9 Å². The van der Waals surface area contributed by atoms with Crippen molar-refractivity contribution in [1.29, 1.82) is 0 Å². The van der Waals surface area contributed by atoms with E-state index in [4.69, 9.17) is 0 Å². The molecule has 0 saturated heterocycles. The second-order valence-corrected chi connectivity index (χ2v) is 18.2. The molecular formula is C66H47N. The van der Waals surface area contributed by atoms with Crippen molar-refractivity contribution in [2.24, 2.45) is 5.92 Å². The van der Waals surface area contributed by atoms with E-state index in [1.165, 1.54) is 98.8 Å². The Balaban J connectivity index is 0.969. The van der Waals surface area contributed by atoms with E-state index >= 15 is 0 Å². The summed E-state index contributed by atoms with van der Waals surface area (Å²) in [6.07, 6.45) is 16.2. The second kappa shape index (κ2) is 16.3. The van der Waals surface area contributed by atoms with Crippen molar-refractivity contribution in [2.45, 2.75) is 18.8 Å². The molecule has 316 valence electrons. The van der Waals surface area contributed by atoms with Gasteiger partial charge in [0.2, 0.25) is 0 Å². The molecule has 10 aromatic carbocycles. The first kappa shape index (κ1) is 39.1. The maximum Gasteiger partial charge on any atom is 0.0546 e. The smallest absolute Gasteiger partial charge is 0.0546 e. The molecule has 2 unspecified atom stereocenters. The number of nitrogens with zero attached hydrogens (tertiary/aromatic N) is 1. The van der Waals surface area contributed by atoms with Crippen LogP contribution in [0.3, 0.4) is 0 Å². The minimum absolute atomic E-state index is 0.219. The predicted octanol–water partition coefficient (Wildman–Crippen LogP) is 18.0. The first-order chi connectivity index (χ1) is 33.3. The molecule has 3 aliphatic rings. The van der Waals surface area contributed by atoms with Gasteiger partial charge in [-0.3, -0.25) is 0 Å². The average molecular weight is 854 g/mol. The van der Waals surface area contributed by atoms with Gasteiger partial charge in [0.1, 0.15) is 0 Å². The second-order valence-electron chi connectivity index (χ2n) is 18.2. The fourth-order valence-corrected chi connectivity index (χ4v) is 11.7. The average Bonchev–Trinajstić information content (AvgIpc) is 3.40. The highest BCUT2D eigenvalue weighted by atomic mass is 15.1. The highest BCUT2D eigenvalue weighted by Crippen LogP contribution is 2.53. The largest absolute Gasteiger partial charge is 0.310 e. The van der Waals surface area contributed by atoms with Crippen LogP contribution in [0, 0.1) is 5.92 Å². The summed E-state index contributed by atoms with van der Waals surface area (Å²) in [5.41, 5.74) is 16.8. The third-order valence-electron chi connectivity index (χ3n) is 14.5. The van der Waals surface area contributed by atoms with Gasteiger partial charge in [0.15, 0.2) is 0 Å². The minimum atomic E-state index is 0.219. The van der Waals surface area contributed by atoms with E-state index in [2.05, 4.69) is 254 Å². The number of benzene rings is 10. The normalized spacial score (nSPS) is 16.5. The van der Waals surface area contributed by atoms with Crippen LogP contribution in [-0.2, 0) is 0 Å². The van der Waals surface area contributed by atoms with Crippen molar-refractivity contribution in [3.8, 4) is 22.3 Å². The van der Waals surface area contributed by atoms with Gasteiger partial charge >= 0.3 is 0 Å². The van der Waals surface area contributed by atoms with Crippen molar-refractivity contribution >= 4 is 65.7 Å². The molecule has 0 N–H and O–H groups in total. The van der Waals surface area contributed by atoms with Crippen molar-refractivity contribution in [3.63, 3.8) is 0 Å². The fraction of sp³-hybridized carbons (Fsp3) is 0.0606. The number of hydrogen-bond acceptors (Lipinski definition) is 1. The molecule has 0 bridgehead atoms. The quantitative estimate of drug-likeness (QED) is 0.114. The molecule has 10 aromatic rings. The van der Waals surface area contributed by atoms with E-state index in [0.717, 1.165) is 29.9 Å². The zero-order valence-electron chi connectivity index (χ0n) is 37.2. The monoisotopic (exact) mass is 853 g/mol. The lowest BCUT2D eigenvalue weighted by Gasteiger charge is -2.39. The van der Waals surface area contributed by atoms with Gasteiger partial charge in [-0.25, -0.2) is 0 Å². The SMILES string of the molecule is C1=CC2=C(c3ccccc3)C3=C(C=CCC3)C(c3ccc(N(c4ccc(-c5c6ccccc6c(-c6ccccc6)c6ccccc56)cc4)c4cc5ccccc5c5ccccc45)cc3)C2C=C1. The highest BCUT2D eigenvalue weighted by Gasteiger charge is 2.37. The van der Waals surface area contributed by atoms with E-state index < -0.39 is 0 Å².